The molecular weight excluding hydrogens is 297 g/mol. The van der Waals surface area contributed by atoms with Crippen molar-refractivity contribution < 1.29 is 4.39 Å². The second kappa shape index (κ2) is 4.70. The van der Waals surface area contributed by atoms with Crippen LogP contribution in [0.3, 0.4) is 0 Å². The first kappa shape index (κ1) is 12.2. The molecular formula is C13H17BrFN3. The molecule has 98 valence electrons. The van der Waals surface area contributed by atoms with Crippen molar-refractivity contribution in [2.45, 2.75) is 31.3 Å². The fourth-order valence-electron chi connectivity index (χ4n) is 2.58. The van der Waals surface area contributed by atoms with Gasteiger partial charge in [-0.3, -0.25) is 4.90 Å². The zero-order valence-electron chi connectivity index (χ0n) is 10.1. The lowest BCUT2D eigenvalue weighted by Gasteiger charge is -2.18. The van der Waals surface area contributed by atoms with Gasteiger partial charge in [-0.2, -0.15) is 0 Å². The quantitative estimate of drug-likeness (QED) is 0.843. The van der Waals surface area contributed by atoms with Crippen molar-refractivity contribution in [3.8, 4) is 0 Å². The van der Waals surface area contributed by atoms with Crippen molar-refractivity contribution in [3.63, 3.8) is 0 Å². The highest BCUT2D eigenvalue weighted by atomic mass is 79.9. The van der Waals surface area contributed by atoms with Crippen molar-refractivity contribution in [1.29, 1.82) is 0 Å². The Morgan fingerprint density at radius 3 is 2.83 bits per heavy atom. The lowest BCUT2D eigenvalue weighted by molar-refractivity contribution is 0.326. The molecule has 3 N–H and O–H groups in total. The molecule has 1 saturated carbocycles. The van der Waals surface area contributed by atoms with Crippen LogP contribution in [0.1, 0.15) is 19.3 Å². The third-order valence-electron chi connectivity index (χ3n) is 3.74. The largest absolute Gasteiger partial charge is 0.397 e. The number of anilines is 2. The van der Waals surface area contributed by atoms with E-state index < -0.39 is 0 Å². The first-order chi connectivity index (χ1) is 8.63. The van der Waals surface area contributed by atoms with Gasteiger partial charge in [-0.15, -0.1) is 0 Å². The number of nitrogen functional groups attached to an aromatic ring is 1. The molecule has 1 atom stereocenters. The van der Waals surface area contributed by atoms with Gasteiger partial charge in [-0.1, -0.05) is 0 Å². The number of likely N-dealkylation sites (tertiary alicyclic amines) is 1. The predicted octanol–water partition coefficient (Wildman–Crippen LogP) is 2.82. The highest BCUT2D eigenvalue weighted by Gasteiger charge is 2.34. The van der Waals surface area contributed by atoms with E-state index in [4.69, 9.17) is 5.73 Å². The maximum Gasteiger partial charge on any atom is 0.139 e. The molecule has 2 fully saturated rings. The molecule has 3 rings (SSSR count). The molecule has 1 saturated heterocycles. The molecule has 1 aromatic rings. The molecule has 0 radical (unpaired) electrons. The van der Waals surface area contributed by atoms with E-state index in [2.05, 4.69) is 26.1 Å². The summed E-state index contributed by atoms with van der Waals surface area (Å²) in [5, 5.41) is 3.43. The van der Waals surface area contributed by atoms with Gasteiger partial charge in [0.2, 0.25) is 0 Å². The lowest BCUT2D eigenvalue weighted by Crippen LogP contribution is -2.28. The minimum atomic E-state index is -0.316. The molecule has 1 aromatic carbocycles. The van der Waals surface area contributed by atoms with Gasteiger partial charge in [0, 0.05) is 31.2 Å². The normalized spacial score (nSPS) is 24.4. The average Bonchev–Trinajstić information content (AvgIpc) is 3.07. The topological polar surface area (TPSA) is 41.3 Å². The Kier molecular flexibility index (Phi) is 3.20. The number of nitrogens with zero attached hydrogens (tertiary/aromatic N) is 1. The molecule has 0 bridgehead atoms. The van der Waals surface area contributed by atoms with E-state index in [0.717, 1.165) is 31.2 Å². The molecule has 1 heterocycles. The Labute approximate surface area is 115 Å². The summed E-state index contributed by atoms with van der Waals surface area (Å²) in [7, 11) is 0. The van der Waals surface area contributed by atoms with Crippen LogP contribution in [0.15, 0.2) is 16.6 Å². The van der Waals surface area contributed by atoms with E-state index >= 15 is 0 Å². The molecule has 18 heavy (non-hydrogen) atoms. The van der Waals surface area contributed by atoms with Crippen LogP contribution < -0.4 is 11.1 Å². The highest BCUT2D eigenvalue weighted by molar-refractivity contribution is 9.10. The van der Waals surface area contributed by atoms with Crippen LogP contribution in [-0.4, -0.2) is 30.1 Å². The van der Waals surface area contributed by atoms with E-state index in [0.29, 0.717) is 16.2 Å². The molecule has 0 amide bonds. The number of hydrogen-bond acceptors (Lipinski definition) is 3. The van der Waals surface area contributed by atoms with Crippen LogP contribution in [0.2, 0.25) is 0 Å². The van der Waals surface area contributed by atoms with Gasteiger partial charge < -0.3 is 11.1 Å². The molecule has 5 heteroatoms. The van der Waals surface area contributed by atoms with Crippen LogP contribution in [-0.2, 0) is 0 Å². The van der Waals surface area contributed by atoms with Gasteiger partial charge in [-0.05, 0) is 41.3 Å². The van der Waals surface area contributed by atoms with E-state index in [-0.39, 0.29) is 5.82 Å². The maximum absolute atomic E-state index is 13.3. The smallest absolute Gasteiger partial charge is 0.139 e. The molecule has 0 aromatic heterocycles. The van der Waals surface area contributed by atoms with Crippen LogP contribution in [0.5, 0.6) is 0 Å². The number of nitrogens with two attached hydrogens (primary N) is 1. The summed E-state index contributed by atoms with van der Waals surface area (Å²) in [4.78, 5) is 2.53. The fourth-order valence-corrected chi connectivity index (χ4v) is 2.93. The van der Waals surface area contributed by atoms with Crippen molar-refractivity contribution in [2.24, 2.45) is 0 Å². The summed E-state index contributed by atoms with van der Waals surface area (Å²) in [6.07, 6.45) is 3.82. The van der Waals surface area contributed by atoms with Crippen molar-refractivity contribution >= 4 is 27.3 Å². The van der Waals surface area contributed by atoms with Crippen LogP contribution >= 0.6 is 15.9 Å². The van der Waals surface area contributed by atoms with Crippen LogP contribution in [0.25, 0.3) is 0 Å². The van der Waals surface area contributed by atoms with Gasteiger partial charge in [0.05, 0.1) is 15.8 Å². The molecule has 1 aliphatic heterocycles. The zero-order valence-corrected chi connectivity index (χ0v) is 11.7. The third kappa shape index (κ3) is 2.47. The fraction of sp³-hybridized carbons (Fsp3) is 0.538. The average molecular weight is 314 g/mol. The predicted molar refractivity (Wildman–Crippen MR) is 75.1 cm³/mol. The Hall–Kier alpha value is -0.810. The summed E-state index contributed by atoms with van der Waals surface area (Å²) in [5.41, 5.74) is 7.14. The van der Waals surface area contributed by atoms with Gasteiger partial charge >= 0.3 is 0 Å². The number of nitrogens with one attached hydrogen (secondary N) is 1. The molecule has 2 aliphatic rings. The molecule has 1 aliphatic carbocycles. The van der Waals surface area contributed by atoms with Gasteiger partial charge in [0.15, 0.2) is 0 Å². The summed E-state index contributed by atoms with van der Waals surface area (Å²) in [6, 6.07) is 4.32. The minimum Gasteiger partial charge on any atom is -0.397 e. The standard InChI is InChI=1S/C13H17BrFN3/c14-10-5-13(12(16)6-11(10)15)17-8-3-4-18(7-8)9-1-2-9/h5-6,8-9,17H,1-4,7,16H2. The third-order valence-corrected chi connectivity index (χ3v) is 4.34. The van der Waals surface area contributed by atoms with Gasteiger partial charge in [-0.25, -0.2) is 4.39 Å². The van der Waals surface area contributed by atoms with Crippen molar-refractivity contribution in [1.82, 2.24) is 4.90 Å². The monoisotopic (exact) mass is 313 g/mol. The second-order valence-electron chi connectivity index (χ2n) is 5.21. The number of rotatable bonds is 3. The summed E-state index contributed by atoms with van der Waals surface area (Å²) in [5.74, 6) is -0.316. The Morgan fingerprint density at radius 2 is 2.11 bits per heavy atom. The summed E-state index contributed by atoms with van der Waals surface area (Å²) >= 11 is 3.19. The summed E-state index contributed by atoms with van der Waals surface area (Å²) < 4.78 is 13.7. The zero-order chi connectivity index (χ0) is 12.7. The minimum absolute atomic E-state index is 0.316. The highest BCUT2D eigenvalue weighted by Crippen LogP contribution is 2.32. The Balaban J connectivity index is 1.67. The Bertz CT molecular complexity index is 462. The van der Waals surface area contributed by atoms with Crippen LogP contribution in [0.4, 0.5) is 15.8 Å². The van der Waals surface area contributed by atoms with E-state index in [1.165, 1.54) is 18.9 Å². The van der Waals surface area contributed by atoms with E-state index in [1.807, 2.05) is 0 Å². The van der Waals surface area contributed by atoms with Gasteiger partial charge in [0.25, 0.3) is 0 Å². The van der Waals surface area contributed by atoms with Crippen molar-refractivity contribution in [3.05, 3.63) is 22.4 Å². The second-order valence-corrected chi connectivity index (χ2v) is 6.06. The SMILES string of the molecule is Nc1cc(F)c(Br)cc1NC1CCN(C2CC2)C1. The lowest BCUT2D eigenvalue weighted by atomic mass is 10.2. The number of halogens is 2. The maximum atomic E-state index is 13.3. The van der Waals surface area contributed by atoms with Crippen LogP contribution in [0, 0.1) is 5.82 Å². The number of hydrogen-bond donors (Lipinski definition) is 2. The van der Waals surface area contributed by atoms with Gasteiger partial charge in [0.1, 0.15) is 5.82 Å². The summed E-state index contributed by atoms with van der Waals surface area (Å²) in [6.45, 7) is 2.23. The van der Waals surface area contributed by atoms with Crippen molar-refractivity contribution in [2.75, 3.05) is 24.1 Å². The van der Waals surface area contributed by atoms with E-state index in [9.17, 15) is 4.39 Å². The van der Waals surface area contributed by atoms with E-state index in [1.54, 1.807) is 6.07 Å². The molecule has 3 nitrogen and oxygen atoms in total. The first-order valence-electron chi connectivity index (χ1n) is 6.38. The Morgan fingerprint density at radius 1 is 1.33 bits per heavy atom. The first-order valence-corrected chi connectivity index (χ1v) is 7.18. The number of benzene rings is 1. The molecule has 1 unspecified atom stereocenters. The molecule has 0 spiro atoms.